The fraction of sp³-hybridized carbons (Fsp3) is 0.828. The second kappa shape index (κ2) is 32.7. The van der Waals surface area contributed by atoms with E-state index >= 15 is 0 Å². The Labute approximate surface area is 305 Å². The van der Waals surface area contributed by atoms with Crippen LogP contribution in [0.1, 0.15) is 32.1 Å². The molecule has 292 valence electrons. The Hall–Kier alpha value is -2.16. The Bertz CT molecular complexity index is 907. The number of carbonyl (C=O) groups excluding carboxylic acids is 5. The zero-order valence-corrected chi connectivity index (χ0v) is 30.5. The number of aliphatic hydroxyl groups is 1. The molecular weight excluding hydrogens is 787 g/mol. The number of nitrogens with two attached hydrogens (primary N) is 2. The number of aldehydes is 1. The van der Waals surface area contributed by atoms with Crippen LogP contribution in [0.25, 0.3) is 0 Å². The van der Waals surface area contributed by atoms with Gasteiger partial charge in [-0.3, -0.25) is 38.7 Å². The first-order valence-electron chi connectivity index (χ1n) is 16.0. The van der Waals surface area contributed by atoms with E-state index in [1.807, 2.05) is 0 Å². The van der Waals surface area contributed by atoms with Crippen molar-refractivity contribution < 1.29 is 76.4 Å². The molecule has 20 nitrogen and oxygen atoms in total. The van der Waals surface area contributed by atoms with E-state index in [1.165, 1.54) is 0 Å². The molecule has 3 amide bonds. The molecule has 2 atom stereocenters. The van der Waals surface area contributed by atoms with Crippen LogP contribution < -0.4 is 22.1 Å². The number of halogens is 1. The van der Waals surface area contributed by atoms with Crippen LogP contribution in [0.3, 0.4) is 0 Å². The molecule has 0 spiro atoms. The molecule has 21 heteroatoms. The van der Waals surface area contributed by atoms with Gasteiger partial charge >= 0.3 is 6.16 Å². The molecule has 0 aliphatic carbocycles. The van der Waals surface area contributed by atoms with Crippen LogP contribution in [0.2, 0.25) is 0 Å². The van der Waals surface area contributed by atoms with Gasteiger partial charge in [0.2, 0.25) is 17.7 Å². The Morgan fingerprint density at radius 1 is 0.620 bits per heavy atom. The van der Waals surface area contributed by atoms with E-state index in [0.29, 0.717) is 65.9 Å². The van der Waals surface area contributed by atoms with Gasteiger partial charge in [-0.1, -0.05) is 0 Å². The maximum Gasteiger partial charge on any atom is 0.462 e. The summed E-state index contributed by atoms with van der Waals surface area (Å²) < 4.78 is 51.7. The van der Waals surface area contributed by atoms with E-state index in [4.69, 9.17) is 58.8 Å². The average molecular weight is 841 g/mol. The average Bonchev–Trinajstić information content (AvgIpc) is 3.05. The van der Waals surface area contributed by atoms with Gasteiger partial charge < -0.3 is 59.8 Å². The Balaban J connectivity index is 4.39. The molecule has 0 aliphatic rings. The van der Waals surface area contributed by atoms with Crippen LogP contribution in [0.5, 0.6) is 0 Å². The normalized spacial score (nSPS) is 13.6. The largest absolute Gasteiger partial charge is 0.462 e. The van der Waals surface area contributed by atoms with Crippen molar-refractivity contribution in [3.8, 4) is 0 Å². The fourth-order valence-corrected chi connectivity index (χ4v) is 3.77. The molecule has 0 aromatic rings. The van der Waals surface area contributed by atoms with E-state index in [-0.39, 0.29) is 84.9 Å². The smallest absolute Gasteiger partial charge is 0.386 e. The number of carbonyl (C=O) groups is 5. The van der Waals surface area contributed by atoms with Crippen molar-refractivity contribution in [3.05, 3.63) is 0 Å². The Morgan fingerprint density at radius 2 is 1.08 bits per heavy atom. The van der Waals surface area contributed by atoms with Gasteiger partial charge in [0, 0.05) is 32.4 Å². The fourth-order valence-electron chi connectivity index (χ4n) is 3.28. The van der Waals surface area contributed by atoms with Crippen LogP contribution in [-0.4, -0.2) is 158 Å². The summed E-state index contributed by atoms with van der Waals surface area (Å²) in [4.78, 5) is 55.6. The first-order valence-corrected chi connectivity index (χ1v) is 17.1. The number of nitrogens with one attached hydrogen (secondary N) is 2. The molecule has 0 fully saturated rings. The zero-order valence-electron chi connectivity index (χ0n) is 28.3. The summed E-state index contributed by atoms with van der Waals surface area (Å²) >= 11 is 1.75. The third kappa shape index (κ3) is 31.8. The predicted octanol–water partition coefficient (Wildman–Crippen LogP) is -2.17. The highest BCUT2D eigenvalue weighted by molar-refractivity contribution is 14.1. The van der Waals surface area contributed by atoms with E-state index in [0.717, 1.165) is 6.29 Å². The van der Waals surface area contributed by atoms with Crippen molar-refractivity contribution in [3.63, 3.8) is 0 Å². The first-order chi connectivity index (χ1) is 24.1. The lowest BCUT2D eigenvalue weighted by Crippen LogP contribution is -2.46. The van der Waals surface area contributed by atoms with Gasteiger partial charge in [-0.05, 0) is 22.6 Å². The maximum atomic E-state index is 12.2. The van der Waals surface area contributed by atoms with Gasteiger partial charge in [0.1, 0.15) is 6.29 Å². The van der Waals surface area contributed by atoms with Crippen molar-refractivity contribution in [1.29, 1.82) is 0 Å². The summed E-state index contributed by atoms with van der Waals surface area (Å²) in [6.45, 7) is 3.36. The lowest BCUT2D eigenvalue weighted by molar-refractivity contribution is -0.479. The zero-order chi connectivity index (χ0) is 37.2. The highest BCUT2D eigenvalue weighted by atomic mass is 127. The standard InChI is InChI=1S/C29H53IN4O16/c30-28(40,34-7-15-44-19-23-46-21-17-42-10-2-25(31)37)5-13-49-29(50-24-36,47-11-3-26(32)38)48-12-4-27(39)33-6-14-43-18-22-45-20-16-41-9-1-8-35/h8,24,34,40H,1-7,9-23H2,(H2,31,37)(H2,32,38)(H,33,39)/t28?,29-/m1/s1. The molecule has 0 saturated carbocycles. The van der Waals surface area contributed by atoms with Gasteiger partial charge in [-0.15, -0.1) is 0 Å². The van der Waals surface area contributed by atoms with Gasteiger partial charge in [-0.2, -0.15) is 0 Å². The number of rotatable bonds is 39. The van der Waals surface area contributed by atoms with E-state index < -0.39 is 27.6 Å². The van der Waals surface area contributed by atoms with Crippen LogP contribution in [-0.2, 0) is 71.3 Å². The summed E-state index contributed by atoms with van der Waals surface area (Å²) in [6.07, 6.45) is -1.60. The number of hydrogen-bond acceptors (Lipinski definition) is 17. The number of hydrogen-bond donors (Lipinski definition) is 5. The minimum absolute atomic E-state index is 0.0127. The molecule has 7 N–H and O–H groups in total. The van der Waals surface area contributed by atoms with Gasteiger partial charge in [0.25, 0.3) is 6.47 Å². The summed E-state index contributed by atoms with van der Waals surface area (Å²) in [5, 5.41) is 16.2. The SMILES string of the molecule is NC(=O)CCOCCOCCOCCNC(O)(I)CCO[C@@](OC=O)(OCCC(N)=O)OCCC(=O)NCCOCCOCCOCCC=O. The summed E-state index contributed by atoms with van der Waals surface area (Å²) in [5.41, 5.74) is 10.2. The monoisotopic (exact) mass is 840 g/mol. The van der Waals surface area contributed by atoms with Crippen LogP contribution in [0.4, 0.5) is 0 Å². The van der Waals surface area contributed by atoms with Crippen molar-refractivity contribution in [2.45, 2.75) is 42.0 Å². The first kappa shape index (κ1) is 47.8. The topological polar surface area (TPSA) is 274 Å². The Morgan fingerprint density at radius 3 is 1.62 bits per heavy atom. The highest BCUT2D eigenvalue weighted by Gasteiger charge is 2.38. The second-order valence-corrected chi connectivity index (χ2v) is 11.6. The number of primary amides is 2. The Kier molecular flexibility index (Phi) is 31.3. The van der Waals surface area contributed by atoms with Gasteiger partial charge in [0.05, 0.1) is 112 Å². The molecular formula is C29H53IN4O16. The number of ether oxygens (including phenoxy) is 10. The maximum absolute atomic E-state index is 12.2. The number of alkyl halides is 1. The summed E-state index contributed by atoms with van der Waals surface area (Å²) in [6, 6.07) is 0. The van der Waals surface area contributed by atoms with Crippen molar-refractivity contribution in [2.24, 2.45) is 11.5 Å². The molecule has 0 rings (SSSR count). The van der Waals surface area contributed by atoms with E-state index in [1.54, 1.807) is 22.6 Å². The molecule has 0 saturated heterocycles. The number of amides is 3. The molecule has 0 aliphatic heterocycles. The second-order valence-electron chi connectivity index (χ2n) is 9.86. The van der Waals surface area contributed by atoms with Crippen molar-refractivity contribution in [1.82, 2.24) is 10.6 Å². The lowest BCUT2D eigenvalue weighted by Gasteiger charge is -2.31. The molecule has 0 aromatic carbocycles. The molecule has 0 heterocycles. The van der Waals surface area contributed by atoms with Gasteiger partial charge in [0.15, 0.2) is 3.73 Å². The predicted molar refractivity (Wildman–Crippen MR) is 180 cm³/mol. The van der Waals surface area contributed by atoms with Crippen molar-refractivity contribution in [2.75, 3.05) is 112 Å². The minimum Gasteiger partial charge on any atom is -0.386 e. The van der Waals surface area contributed by atoms with E-state index in [9.17, 15) is 29.1 Å². The molecule has 50 heavy (non-hydrogen) atoms. The van der Waals surface area contributed by atoms with Crippen LogP contribution in [0, 0.1) is 0 Å². The third-order valence-electron chi connectivity index (χ3n) is 5.71. The van der Waals surface area contributed by atoms with Gasteiger partial charge in [-0.25, -0.2) is 0 Å². The molecule has 0 bridgehead atoms. The lowest BCUT2D eigenvalue weighted by atomic mass is 10.4. The van der Waals surface area contributed by atoms with Crippen LogP contribution >= 0.6 is 22.6 Å². The van der Waals surface area contributed by atoms with Crippen LogP contribution in [0.15, 0.2) is 0 Å². The highest BCUT2D eigenvalue weighted by Crippen LogP contribution is 2.22. The summed E-state index contributed by atoms with van der Waals surface area (Å²) in [7, 11) is 0. The quantitative estimate of drug-likeness (QED) is 0.0110. The molecule has 0 aromatic heterocycles. The third-order valence-corrected chi connectivity index (χ3v) is 6.63. The van der Waals surface area contributed by atoms with Crippen molar-refractivity contribution >= 4 is 53.1 Å². The molecule has 1 unspecified atom stereocenters. The van der Waals surface area contributed by atoms with E-state index in [2.05, 4.69) is 10.6 Å². The minimum atomic E-state index is -2.41. The molecule has 0 radical (unpaired) electrons. The summed E-state index contributed by atoms with van der Waals surface area (Å²) in [5.74, 6) is -1.52.